The molecule has 184 valence electrons. The molecule has 0 radical (unpaired) electrons. The van der Waals surface area contributed by atoms with Crippen molar-refractivity contribution in [3.05, 3.63) is 0 Å². The number of carbonyl (C=O) groups excluding carboxylic acids is 2. The van der Waals surface area contributed by atoms with Gasteiger partial charge in [0.25, 0.3) is 0 Å². The maximum Gasteiger partial charge on any atom is 0.222 e. The van der Waals surface area contributed by atoms with Gasteiger partial charge in [0.15, 0.2) is 0 Å². The molecule has 0 aliphatic carbocycles. The van der Waals surface area contributed by atoms with Gasteiger partial charge in [-0.15, -0.1) is 0 Å². The molecule has 0 aliphatic rings. The van der Waals surface area contributed by atoms with Crippen LogP contribution in [0.5, 0.6) is 0 Å². The molecular weight excluding hydrogens is 398 g/mol. The van der Waals surface area contributed by atoms with E-state index in [2.05, 4.69) is 33.0 Å². The number of ether oxygens (including phenoxy) is 4. The number of hydrogen-bond donors (Lipinski definition) is 1. The van der Waals surface area contributed by atoms with E-state index in [9.17, 15) is 9.59 Å². The molecule has 0 spiro atoms. The number of rotatable bonds is 23. The maximum atomic E-state index is 11.7. The van der Waals surface area contributed by atoms with Crippen LogP contribution in [0.4, 0.5) is 0 Å². The fourth-order valence-electron chi connectivity index (χ4n) is 2.70. The zero-order chi connectivity index (χ0) is 23.2. The van der Waals surface area contributed by atoms with Gasteiger partial charge in [0.05, 0.1) is 46.2 Å². The van der Waals surface area contributed by atoms with Crippen LogP contribution in [-0.4, -0.2) is 71.1 Å². The van der Waals surface area contributed by atoms with Crippen molar-refractivity contribution in [3.8, 4) is 0 Å². The second-order valence-corrected chi connectivity index (χ2v) is 8.66. The number of ketones is 1. The van der Waals surface area contributed by atoms with Crippen LogP contribution in [0.2, 0.25) is 0 Å². The summed E-state index contributed by atoms with van der Waals surface area (Å²) in [6, 6.07) is 0. The summed E-state index contributed by atoms with van der Waals surface area (Å²) in [5, 5.41) is 2.83. The third-order valence-corrected chi connectivity index (χ3v) is 4.61. The average molecular weight is 446 g/mol. The van der Waals surface area contributed by atoms with E-state index in [1.54, 1.807) is 0 Å². The molecule has 1 amide bonds. The van der Waals surface area contributed by atoms with Gasteiger partial charge in [-0.25, -0.2) is 0 Å². The van der Waals surface area contributed by atoms with Crippen molar-refractivity contribution in [2.45, 2.75) is 72.6 Å². The van der Waals surface area contributed by atoms with Crippen molar-refractivity contribution in [2.24, 2.45) is 11.8 Å². The lowest BCUT2D eigenvalue weighted by Crippen LogP contribution is -2.26. The van der Waals surface area contributed by atoms with Crippen LogP contribution in [-0.2, 0) is 28.5 Å². The highest BCUT2D eigenvalue weighted by atomic mass is 16.6. The molecule has 1 N–H and O–H groups in total. The molecule has 7 heteroatoms. The molecule has 0 heterocycles. The topological polar surface area (TPSA) is 83.1 Å². The van der Waals surface area contributed by atoms with Crippen LogP contribution in [0.15, 0.2) is 0 Å². The lowest BCUT2D eigenvalue weighted by Gasteiger charge is -2.08. The standard InChI is InChI=1S/C24H47NO6/c1-21(2)7-6-13-28-15-17-30-19-20-31-18-16-29-14-11-24(27)25-12-5-8-23(26)10-9-22(3)4/h21-22H,5-20H2,1-4H3,(H,25,27). The monoisotopic (exact) mass is 445 g/mol. The Morgan fingerprint density at radius 1 is 0.613 bits per heavy atom. The third-order valence-electron chi connectivity index (χ3n) is 4.61. The number of nitrogens with one attached hydrogen (secondary N) is 1. The van der Waals surface area contributed by atoms with Gasteiger partial charge in [-0.1, -0.05) is 27.7 Å². The molecule has 0 aliphatic heterocycles. The van der Waals surface area contributed by atoms with E-state index >= 15 is 0 Å². The number of carbonyl (C=O) groups is 2. The molecule has 0 atom stereocenters. The fourth-order valence-corrected chi connectivity index (χ4v) is 2.70. The van der Waals surface area contributed by atoms with Crippen LogP contribution in [0, 0.1) is 11.8 Å². The first-order chi connectivity index (χ1) is 14.9. The Morgan fingerprint density at radius 3 is 1.68 bits per heavy atom. The zero-order valence-corrected chi connectivity index (χ0v) is 20.4. The fraction of sp³-hybridized carbons (Fsp3) is 0.917. The maximum absolute atomic E-state index is 11.7. The molecule has 0 aromatic heterocycles. The predicted octanol–water partition coefficient (Wildman–Crippen LogP) is 3.78. The van der Waals surface area contributed by atoms with Crippen molar-refractivity contribution in [2.75, 3.05) is 59.4 Å². The quantitative estimate of drug-likeness (QED) is 0.241. The van der Waals surface area contributed by atoms with E-state index in [0.717, 1.165) is 25.4 Å². The Kier molecular flexibility index (Phi) is 21.5. The minimum Gasteiger partial charge on any atom is -0.379 e. The molecule has 0 bridgehead atoms. The van der Waals surface area contributed by atoms with E-state index in [0.29, 0.717) is 84.4 Å². The van der Waals surface area contributed by atoms with E-state index < -0.39 is 0 Å². The van der Waals surface area contributed by atoms with Crippen LogP contribution in [0.1, 0.15) is 72.6 Å². The highest BCUT2D eigenvalue weighted by molar-refractivity contribution is 5.78. The second kappa shape index (κ2) is 22.2. The van der Waals surface area contributed by atoms with E-state index in [4.69, 9.17) is 18.9 Å². The van der Waals surface area contributed by atoms with Gasteiger partial charge in [-0.3, -0.25) is 9.59 Å². The van der Waals surface area contributed by atoms with Crippen molar-refractivity contribution < 1.29 is 28.5 Å². The van der Waals surface area contributed by atoms with Gasteiger partial charge < -0.3 is 24.3 Å². The summed E-state index contributed by atoms with van der Waals surface area (Å²) in [6.07, 6.45) is 5.43. The van der Waals surface area contributed by atoms with Gasteiger partial charge in [0.1, 0.15) is 5.78 Å². The summed E-state index contributed by atoms with van der Waals surface area (Å²) in [5.41, 5.74) is 0. The lowest BCUT2D eigenvalue weighted by atomic mass is 10.0. The van der Waals surface area contributed by atoms with Crippen molar-refractivity contribution in [1.29, 1.82) is 0 Å². The van der Waals surface area contributed by atoms with E-state index in [-0.39, 0.29) is 11.7 Å². The second-order valence-electron chi connectivity index (χ2n) is 8.66. The molecular formula is C24H47NO6. The Labute approximate surface area is 189 Å². The predicted molar refractivity (Wildman–Crippen MR) is 123 cm³/mol. The molecule has 0 unspecified atom stereocenters. The van der Waals surface area contributed by atoms with Gasteiger partial charge in [0, 0.05) is 32.4 Å². The SMILES string of the molecule is CC(C)CCCOCCOCCOCCOCCC(=O)NCCCC(=O)CCC(C)C. The molecule has 7 nitrogen and oxygen atoms in total. The van der Waals surface area contributed by atoms with Gasteiger partial charge >= 0.3 is 0 Å². The Balaban J connectivity index is 3.24. The summed E-state index contributed by atoms with van der Waals surface area (Å²) in [4.78, 5) is 23.4. The van der Waals surface area contributed by atoms with E-state index in [1.165, 1.54) is 6.42 Å². The van der Waals surface area contributed by atoms with Crippen LogP contribution in [0.25, 0.3) is 0 Å². The number of amides is 1. The zero-order valence-electron chi connectivity index (χ0n) is 20.4. The normalized spacial score (nSPS) is 11.4. The van der Waals surface area contributed by atoms with Crippen molar-refractivity contribution >= 4 is 11.7 Å². The molecule has 0 rings (SSSR count). The minimum absolute atomic E-state index is 0.0460. The highest BCUT2D eigenvalue weighted by Crippen LogP contribution is 2.06. The van der Waals surface area contributed by atoms with Gasteiger partial charge in [-0.2, -0.15) is 0 Å². The van der Waals surface area contributed by atoms with Gasteiger partial charge in [-0.05, 0) is 37.5 Å². The molecule has 0 fully saturated rings. The van der Waals surface area contributed by atoms with Crippen molar-refractivity contribution in [1.82, 2.24) is 5.32 Å². The van der Waals surface area contributed by atoms with E-state index in [1.807, 2.05) is 0 Å². The largest absolute Gasteiger partial charge is 0.379 e. The van der Waals surface area contributed by atoms with Crippen LogP contribution >= 0.6 is 0 Å². The molecule has 0 aromatic carbocycles. The summed E-state index contributed by atoms with van der Waals surface area (Å²) >= 11 is 0. The van der Waals surface area contributed by atoms with Crippen LogP contribution in [0.3, 0.4) is 0 Å². The van der Waals surface area contributed by atoms with Crippen LogP contribution < -0.4 is 5.32 Å². The Bertz CT molecular complexity index is 428. The van der Waals surface area contributed by atoms with Gasteiger partial charge in [0.2, 0.25) is 5.91 Å². The number of Topliss-reactive ketones (excluding diaryl/α,β-unsaturated/α-hetero) is 1. The first kappa shape index (κ1) is 30.0. The van der Waals surface area contributed by atoms with Crippen molar-refractivity contribution in [3.63, 3.8) is 0 Å². The Hall–Kier alpha value is -1.02. The number of hydrogen-bond acceptors (Lipinski definition) is 6. The molecule has 0 saturated carbocycles. The highest BCUT2D eigenvalue weighted by Gasteiger charge is 2.05. The lowest BCUT2D eigenvalue weighted by molar-refractivity contribution is -0.123. The third kappa shape index (κ3) is 25.1. The first-order valence-electron chi connectivity index (χ1n) is 12.0. The molecule has 31 heavy (non-hydrogen) atoms. The summed E-state index contributed by atoms with van der Waals surface area (Å²) in [7, 11) is 0. The first-order valence-corrected chi connectivity index (χ1v) is 12.0. The molecule has 0 aromatic rings. The molecule has 0 saturated heterocycles. The Morgan fingerprint density at radius 2 is 1.13 bits per heavy atom. The summed E-state index contributed by atoms with van der Waals surface area (Å²) in [6.45, 7) is 13.6. The smallest absolute Gasteiger partial charge is 0.222 e. The summed E-state index contributed by atoms with van der Waals surface area (Å²) in [5.74, 6) is 1.51. The summed E-state index contributed by atoms with van der Waals surface area (Å²) < 4.78 is 21.8. The average Bonchev–Trinajstić information content (AvgIpc) is 2.72. The minimum atomic E-state index is -0.0460.